The van der Waals surface area contributed by atoms with Gasteiger partial charge in [-0.05, 0) is 48.9 Å². The Morgan fingerprint density at radius 2 is 1.79 bits per heavy atom. The molecule has 0 radical (unpaired) electrons. The van der Waals surface area contributed by atoms with Gasteiger partial charge in [0.2, 0.25) is 0 Å². The number of benzene rings is 2. The zero-order chi connectivity index (χ0) is 19.7. The number of nitrogens with zero attached hydrogens (tertiary/aromatic N) is 3. The number of fused-ring (bicyclic) bond motifs is 1. The molecule has 6 heteroatoms. The highest BCUT2D eigenvalue weighted by Crippen LogP contribution is 2.29. The number of methoxy groups -OCH3 is 1. The van der Waals surface area contributed by atoms with Gasteiger partial charge in [-0.15, -0.1) is 0 Å². The lowest BCUT2D eigenvalue weighted by atomic mass is 10.1. The summed E-state index contributed by atoms with van der Waals surface area (Å²) in [5.74, 6) is 1.74. The van der Waals surface area contributed by atoms with E-state index in [1.807, 2.05) is 17.0 Å². The number of anilines is 1. The van der Waals surface area contributed by atoms with Crippen molar-refractivity contribution in [2.24, 2.45) is 0 Å². The second kappa shape index (κ2) is 7.68. The SMILES string of the molecule is COc1cccc2c(C)cc(N3CCN(C(=O)c4ccc(Cl)cc4)CC3)nc12. The van der Waals surface area contributed by atoms with Gasteiger partial charge in [0, 0.05) is 42.2 Å². The Morgan fingerprint density at radius 1 is 1.07 bits per heavy atom. The van der Waals surface area contributed by atoms with Crippen molar-refractivity contribution in [3.05, 3.63) is 64.7 Å². The fourth-order valence-electron chi connectivity index (χ4n) is 3.61. The lowest BCUT2D eigenvalue weighted by molar-refractivity contribution is 0.0746. The molecule has 1 aliphatic heterocycles. The summed E-state index contributed by atoms with van der Waals surface area (Å²) < 4.78 is 5.49. The van der Waals surface area contributed by atoms with Gasteiger partial charge in [-0.3, -0.25) is 4.79 Å². The average Bonchev–Trinajstić information content (AvgIpc) is 2.73. The molecule has 28 heavy (non-hydrogen) atoms. The summed E-state index contributed by atoms with van der Waals surface area (Å²) in [7, 11) is 1.67. The summed E-state index contributed by atoms with van der Waals surface area (Å²) in [4.78, 5) is 21.7. The first-order valence-corrected chi connectivity index (χ1v) is 9.69. The van der Waals surface area contributed by atoms with E-state index in [1.165, 1.54) is 5.56 Å². The number of rotatable bonds is 3. The zero-order valence-electron chi connectivity index (χ0n) is 16.0. The smallest absolute Gasteiger partial charge is 0.253 e. The molecule has 4 rings (SSSR count). The standard InChI is InChI=1S/C22H22ClN3O2/c1-15-14-20(24-21-18(15)4-3-5-19(21)28-2)25-10-12-26(13-11-25)22(27)16-6-8-17(23)9-7-16/h3-9,14H,10-13H2,1-2H3. The van der Waals surface area contributed by atoms with Crippen molar-refractivity contribution in [2.75, 3.05) is 38.2 Å². The van der Waals surface area contributed by atoms with Crippen LogP contribution >= 0.6 is 11.6 Å². The molecule has 0 saturated carbocycles. The van der Waals surface area contributed by atoms with Crippen molar-refractivity contribution in [1.29, 1.82) is 0 Å². The van der Waals surface area contributed by atoms with Crippen LogP contribution in [0.4, 0.5) is 5.82 Å². The molecule has 1 amide bonds. The number of ether oxygens (including phenoxy) is 1. The number of amides is 1. The molecular formula is C22H22ClN3O2. The van der Waals surface area contributed by atoms with E-state index in [9.17, 15) is 4.79 Å². The number of carbonyl (C=O) groups is 1. The highest BCUT2D eigenvalue weighted by Gasteiger charge is 2.23. The van der Waals surface area contributed by atoms with Crippen LogP contribution in [-0.2, 0) is 0 Å². The van der Waals surface area contributed by atoms with Crippen LogP contribution in [-0.4, -0.2) is 49.1 Å². The van der Waals surface area contributed by atoms with Gasteiger partial charge >= 0.3 is 0 Å². The Bertz CT molecular complexity index is 1010. The largest absolute Gasteiger partial charge is 0.494 e. The topological polar surface area (TPSA) is 45.7 Å². The fourth-order valence-corrected chi connectivity index (χ4v) is 3.74. The molecule has 1 saturated heterocycles. The van der Waals surface area contributed by atoms with Crippen LogP contribution in [0.15, 0.2) is 48.5 Å². The molecule has 0 unspecified atom stereocenters. The Kier molecular flexibility index (Phi) is 5.09. The van der Waals surface area contributed by atoms with E-state index < -0.39 is 0 Å². The summed E-state index contributed by atoms with van der Waals surface area (Å²) >= 11 is 5.92. The van der Waals surface area contributed by atoms with Crippen molar-refractivity contribution in [3.63, 3.8) is 0 Å². The minimum atomic E-state index is 0.0423. The van der Waals surface area contributed by atoms with Crippen LogP contribution < -0.4 is 9.64 Å². The molecule has 0 N–H and O–H groups in total. The van der Waals surface area contributed by atoms with Crippen molar-refractivity contribution >= 4 is 34.2 Å². The third kappa shape index (κ3) is 3.50. The van der Waals surface area contributed by atoms with Crippen LogP contribution in [0.5, 0.6) is 5.75 Å². The van der Waals surface area contributed by atoms with E-state index in [0.717, 1.165) is 35.6 Å². The number of hydrogen-bond acceptors (Lipinski definition) is 4. The molecule has 5 nitrogen and oxygen atoms in total. The minimum Gasteiger partial charge on any atom is -0.494 e. The molecule has 0 spiro atoms. The molecule has 2 aromatic carbocycles. The Hall–Kier alpha value is -2.79. The maximum absolute atomic E-state index is 12.7. The second-order valence-electron chi connectivity index (χ2n) is 6.94. The average molecular weight is 396 g/mol. The van der Waals surface area contributed by atoms with Crippen molar-refractivity contribution in [1.82, 2.24) is 9.88 Å². The maximum Gasteiger partial charge on any atom is 0.253 e. The summed E-state index contributed by atoms with van der Waals surface area (Å²) in [6.07, 6.45) is 0. The third-order valence-corrected chi connectivity index (χ3v) is 5.45. The number of carbonyl (C=O) groups excluding carboxylic acids is 1. The molecule has 1 fully saturated rings. The number of pyridine rings is 1. The molecule has 0 atom stereocenters. The molecule has 1 aromatic heterocycles. The number of aryl methyl sites for hydroxylation is 1. The molecule has 2 heterocycles. The maximum atomic E-state index is 12.7. The zero-order valence-corrected chi connectivity index (χ0v) is 16.7. The van der Waals surface area contributed by atoms with E-state index >= 15 is 0 Å². The van der Waals surface area contributed by atoms with Gasteiger partial charge in [0.15, 0.2) is 0 Å². The monoisotopic (exact) mass is 395 g/mol. The Morgan fingerprint density at radius 3 is 2.46 bits per heavy atom. The lowest BCUT2D eigenvalue weighted by Gasteiger charge is -2.35. The van der Waals surface area contributed by atoms with Crippen LogP contribution in [0, 0.1) is 6.92 Å². The lowest BCUT2D eigenvalue weighted by Crippen LogP contribution is -2.49. The number of para-hydroxylation sites is 1. The third-order valence-electron chi connectivity index (χ3n) is 5.20. The minimum absolute atomic E-state index is 0.0423. The molecule has 0 aliphatic carbocycles. The van der Waals surface area contributed by atoms with Gasteiger partial charge < -0.3 is 14.5 Å². The predicted octanol–water partition coefficient (Wildman–Crippen LogP) is 4.17. The molecule has 3 aromatic rings. The number of aromatic nitrogens is 1. The first kappa shape index (κ1) is 18.6. The van der Waals surface area contributed by atoms with Crippen molar-refractivity contribution in [2.45, 2.75) is 6.92 Å². The number of halogens is 1. The van der Waals surface area contributed by atoms with E-state index in [-0.39, 0.29) is 5.91 Å². The van der Waals surface area contributed by atoms with E-state index in [2.05, 4.69) is 24.0 Å². The van der Waals surface area contributed by atoms with Crippen molar-refractivity contribution < 1.29 is 9.53 Å². The van der Waals surface area contributed by atoms with E-state index in [4.69, 9.17) is 21.3 Å². The molecular weight excluding hydrogens is 374 g/mol. The second-order valence-corrected chi connectivity index (χ2v) is 7.38. The fraction of sp³-hybridized carbons (Fsp3) is 0.273. The summed E-state index contributed by atoms with van der Waals surface area (Å²) in [6, 6.07) is 15.1. The first-order chi connectivity index (χ1) is 13.6. The van der Waals surface area contributed by atoms with Crippen LogP contribution in [0.3, 0.4) is 0 Å². The van der Waals surface area contributed by atoms with Crippen LogP contribution in [0.25, 0.3) is 10.9 Å². The van der Waals surface area contributed by atoms with Gasteiger partial charge in [-0.2, -0.15) is 0 Å². The van der Waals surface area contributed by atoms with Gasteiger partial charge in [0.1, 0.15) is 17.1 Å². The number of piperazine rings is 1. The van der Waals surface area contributed by atoms with Gasteiger partial charge in [0.05, 0.1) is 7.11 Å². The summed E-state index contributed by atoms with van der Waals surface area (Å²) in [6.45, 7) is 4.89. The molecule has 0 bridgehead atoms. The van der Waals surface area contributed by atoms with Crippen LogP contribution in [0.2, 0.25) is 5.02 Å². The Labute approximate surface area is 169 Å². The highest BCUT2D eigenvalue weighted by atomic mass is 35.5. The number of hydrogen-bond donors (Lipinski definition) is 0. The summed E-state index contributed by atoms with van der Waals surface area (Å²) in [5, 5.41) is 1.73. The van der Waals surface area contributed by atoms with E-state index in [1.54, 1.807) is 31.4 Å². The van der Waals surface area contributed by atoms with Gasteiger partial charge in [-0.25, -0.2) is 4.98 Å². The first-order valence-electron chi connectivity index (χ1n) is 9.31. The predicted molar refractivity (Wildman–Crippen MR) is 113 cm³/mol. The van der Waals surface area contributed by atoms with Crippen LogP contribution in [0.1, 0.15) is 15.9 Å². The molecule has 1 aliphatic rings. The highest BCUT2D eigenvalue weighted by molar-refractivity contribution is 6.30. The van der Waals surface area contributed by atoms with Crippen molar-refractivity contribution in [3.8, 4) is 5.75 Å². The normalized spacial score (nSPS) is 14.4. The summed E-state index contributed by atoms with van der Waals surface area (Å²) in [5.41, 5.74) is 2.71. The quantitative estimate of drug-likeness (QED) is 0.667. The molecule has 144 valence electrons. The van der Waals surface area contributed by atoms with E-state index in [0.29, 0.717) is 23.7 Å². The van der Waals surface area contributed by atoms with Gasteiger partial charge in [-0.1, -0.05) is 23.7 Å². The van der Waals surface area contributed by atoms with Gasteiger partial charge in [0.25, 0.3) is 5.91 Å². The Balaban J connectivity index is 1.52.